The second kappa shape index (κ2) is 22.6. The van der Waals surface area contributed by atoms with Crippen LogP contribution < -0.4 is 0 Å². The van der Waals surface area contributed by atoms with E-state index in [1.54, 1.807) is 45.0 Å². The SMILES string of the molecule is CCC[CH2][Sn+3].CCC[CH2][Sn+3].O=S(=O)([O-])OS(=O)(=O)[O-].O=S(=O)([O-])OS(=O)(=O)[O-].O=S(=O)([O-])OS(=O)(=O)[O-]. The van der Waals surface area contributed by atoms with E-state index in [0.717, 1.165) is 0 Å². The third kappa shape index (κ3) is 85.7. The van der Waals surface area contributed by atoms with Gasteiger partial charge in [-0.2, -0.15) is 10.9 Å². The van der Waals surface area contributed by atoms with Crippen LogP contribution in [0.25, 0.3) is 0 Å². The summed E-state index contributed by atoms with van der Waals surface area (Å²) in [5.41, 5.74) is 0. The minimum atomic E-state index is -5.43. The van der Waals surface area contributed by atoms with Gasteiger partial charge in [0.05, 0.1) is 0 Å². The molecule has 0 radical (unpaired) electrons. The summed E-state index contributed by atoms with van der Waals surface area (Å²) in [5.74, 6) is 0. The quantitative estimate of drug-likeness (QED) is 0.117. The molecular formula is C8H18O21S6Sn2. The van der Waals surface area contributed by atoms with Crippen molar-refractivity contribution in [2.45, 2.75) is 48.4 Å². The maximum absolute atomic E-state index is 9.29. The summed E-state index contributed by atoms with van der Waals surface area (Å²) in [6.07, 6.45) is 5.59. The zero-order valence-corrected chi connectivity index (χ0v) is 28.9. The van der Waals surface area contributed by atoms with Crippen molar-refractivity contribution < 1.29 is 88.7 Å². The third-order valence-corrected chi connectivity index (χ3v) is 7.58. The van der Waals surface area contributed by atoms with Gasteiger partial charge in [0.1, 0.15) is 0 Å². The molecule has 0 aliphatic rings. The topological polar surface area (TPSA) is 371 Å². The first-order chi connectivity index (χ1) is 15.9. The molecule has 0 heterocycles. The van der Waals surface area contributed by atoms with Crippen molar-refractivity contribution in [3.63, 3.8) is 0 Å². The van der Waals surface area contributed by atoms with E-state index in [0.29, 0.717) is 0 Å². The number of hydrogen-bond donors (Lipinski definition) is 0. The van der Waals surface area contributed by atoms with Gasteiger partial charge in [0.2, 0.25) is 62.4 Å². The molecular weight excluding hydrogens is 862 g/mol. The number of hydrogen-bond acceptors (Lipinski definition) is 21. The molecule has 0 aromatic heterocycles. The molecule has 21 nitrogen and oxygen atoms in total. The summed E-state index contributed by atoms with van der Waals surface area (Å²) < 4.78 is 177. The second-order valence-electron chi connectivity index (χ2n) is 4.86. The molecule has 0 spiro atoms. The molecule has 0 aromatic carbocycles. The Hall–Kier alpha value is 0.937. The van der Waals surface area contributed by atoms with Gasteiger partial charge in [-0.05, 0) is 0 Å². The first-order valence-corrected chi connectivity index (χ1v) is 20.2. The molecule has 0 bridgehead atoms. The fourth-order valence-electron chi connectivity index (χ4n) is 0.660. The largest absolute Gasteiger partial charge is 0.725 e. The molecule has 0 unspecified atom stereocenters. The monoisotopic (exact) mass is 882 g/mol. The smallest absolute Gasteiger partial charge is 0.231 e. The summed E-state index contributed by atoms with van der Waals surface area (Å²) >= 11 is 3.37. The van der Waals surface area contributed by atoms with Gasteiger partial charge < -0.3 is 27.3 Å². The Bertz CT molecular complexity index is 968. The predicted octanol–water partition coefficient (Wildman–Crippen LogP) is -3.48. The summed E-state index contributed by atoms with van der Waals surface area (Å²) in [6.45, 7) is 4.45. The predicted molar refractivity (Wildman–Crippen MR) is 112 cm³/mol. The average molecular weight is 880 g/mol. The van der Waals surface area contributed by atoms with Gasteiger partial charge in [-0.1, -0.05) is 0 Å². The fraction of sp³-hybridized carbons (Fsp3) is 1.00. The molecule has 0 atom stereocenters. The first-order valence-electron chi connectivity index (χ1n) is 8.12. The molecule has 0 saturated carbocycles. The zero-order valence-electron chi connectivity index (χ0n) is 18.3. The molecule has 0 aromatic rings. The Labute approximate surface area is 242 Å². The molecule has 29 heteroatoms. The minimum Gasteiger partial charge on any atom is -0.725 e. The van der Waals surface area contributed by atoms with E-state index in [4.69, 9.17) is 0 Å². The third-order valence-electron chi connectivity index (χ3n) is 1.56. The molecule has 0 amide bonds. The van der Waals surface area contributed by atoms with E-state index in [9.17, 15) is 77.8 Å². The molecule has 220 valence electrons. The Balaban J connectivity index is -0.000000118. The summed E-state index contributed by atoms with van der Waals surface area (Å²) in [6, 6.07) is 0. The second-order valence-corrected chi connectivity index (χ2v) is 14.2. The Morgan fingerprint density at radius 1 is 0.432 bits per heavy atom. The van der Waals surface area contributed by atoms with Crippen molar-refractivity contribution in [2.75, 3.05) is 0 Å². The first kappa shape index (κ1) is 47.7. The van der Waals surface area contributed by atoms with Crippen LogP contribution in [-0.2, 0) is 73.3 Å². The van der Waals surface area contributed by atoms with Crippen LogP contribution in [-0.4, -0.2) is 123 Å². The van der Waals surface area contributed by atoms with E-state index in [-0.39, 0.29) is 0 Å². The van der Waals surface area contributed by atoms with Crippen molar-refractivity contribution >= 4 is 107 Å². The van der Waals surface area contributed by atoms with Gasteiger partial charge in [0, 0.05) is 0 Å². The minimum absolute atomic E-state index is 1.37. The van der Waals surface area contributed by atoms with Crippen LogP contribution in [0.1, 0.15) is 39.5 Å². The molecule has 0 aliphatic carbocycles. The van der Waals surface area contributed by atoms with Crippen molar-refractivity contribution in [1.29, 1.82) is 0 Å². The molecule has 0 N–H and O–H groups in total. The average Bonchev–Trinajstić information content (AvgIpc) is 2.48. The Morgan fingerprint density at radius 3 is 0.568 bits per heavy atom. The van der Waals surface area contributed by atoms with Gasteiger partial charge in [0.15, 0.2) is 0 Å². The molecule has 0 fully saturated rings. The number of unbranched alkanes of at least 4 members (excludes halogenated alkanes) is 2. The van der Waals surface area contributed by atoms with Gasteiger partial charge in [0.25, 0.3) is 0 Å². The van der Waals surface area contributed by atoms with Gasteiger partial charge >= 0.3 is 93.5 Å². The summed E-state index contributed by atoms with van der Waals surface area (Å²) in [4.78, 5) is 0. The van der Waals surface area contributed by atoms with Crippen LogP contribution in [0.3, 0.4) is 0 Å². The van der Waals surface area contributed by atoms with Crippen LogP contribution >= 0.6 is 0 Å². The van der Waals surface area contributed by atoms with E-state index in [2.05, 4.69) is 24.7 Å². The van der Waals surface area contributed by atoms with E-state index in [1.165, 1.54) is 34.6 Å². The van der Waals surface area contributed by atoms with Crippen LogP contribution in [0.5, 0.6) is 0 Å². The zero-order chi connectivity index (χ0) is 31.4. The maximum atomic E-state index is 9.29. The Morgan fingerprint density at radius 2 is 0.568 bits per heavy atom. The van der Waals surface area contributed by atoms with E-state index < -0.39 is 62.4 Å². The van der Waals surface area contributed by atoms with Crippen LogP contribution in [0.4, 0.5) is 0 Å². The van der Waals surface area contributed by atoms with Crippen molar-refractivity contribution in [3.05, 3.63) is 0 Å². The van der Waals surface area contributed by atoms with E-state index in [1.807, 2.05) is 0 Å². The fourth-order valence-corrected chi connectivity index (χ4v) is 5.13. The maximum Gasteiger partial charge on any atom is 0.231 e. The molecule has 0 aliphatic heterocycles. The molecule has 0 rings (SSSR count). The van der Waals surface area contributed by atoms with Crippen LogP contribution in [0, 0.1) is 0 Å². The van der Waals surface area contributed by atoms with Crippen molar-refractivity contribution in [1.82, 2.24) is 0 Å². The van der Waals surface area contributed by atoms with Gasteiger partial charge in [-0.15, -0.1) is 0 Å². The van der Waals surface area contributed by atoms with E-state index >= 15 is 0 Å². The molecule has 0 saturated heterocycles. The van der Waals surface area contributed by atoms with Crippen molar-refractivity contribution in [2.24, 2.45) is 0 Å². The summed E-state index contributed by atoms with van der Waals surface area (Å²) in [5, 5.41) is 0. The summed E-state index contributed by atoms with van der Waals surface area (Å²) in [7, 11) is -32.6. The Kier molecular flexibility index (Phi) is 29.2. The van der Waals surface area contributed by atoms with Crippen LogP contribution in [0.2, 0.25) is 8.87 Å². The van der Waals surface area contributed by atoms with Gasteiger partial charge in [-0.25, -0.2) is 50.5 Å². The van der Waals surface area contributed by atoms with Crippen molar-refractivity contribution in [3.8, 4) is 0 Å². The molecule has 37 heavy (non-hydrogen) atoms. The van der Waals surface area contributed by atoms with Gasteiger partial charge in [-0.3, -0.25) is 0 Å². The normalized spacial score (nSPS) is 12.2. The van der Waals surface area contributed by atoms with Crippen LogP contribution in [0.15, 0.2) is 0 Å². The number of rotatable bonds is 10. The standard InChI is InChI=1S/2C4H9.3H2O7S2.2Sn/c2*1-3-4-2;3*1-8(2,3)7-9(4,5)6;;/h2*1,3-4H2,2H3;3*(H,1,2,3)(H,4,5,6);;/q;;;;;2*+3/p-6.